The predicted octanol–water partition coefficient (Wildman–Crippen LogP) is 2.69. The van der Waals surface area contributed by atoms with Crippen molar-refractivity contribution in [2.75, 3.05) is 13.6 Å². The van der Waals surface area contributed by atoms with E-state index in [1.807, 2.05) is 11.9 Å². The van der Waals surface area contributed by atoms with Crippen molar-refractivity contribution in [2.24, 2.45) is 0 Å². The Hall–Kier alpha value is -1.03. The molecule has 15 heavy (non-hydrogen) atoms. The Morgan fingerprint density at radius 2 is 2.00 bits per heavy atom. The highest BCUT2D eigenvalue weighted by molar-refractivity contribution is 5.38. The minimum absolute atomic E-state index is 0.465. The SMILES string of the molecule is CN1CCc2c(cccc2C(F)(F)F)C1. The fourth-order valence-electron chi connectivity index (χ4n) is 2.02. The number of halogens is 3. The maximum Gasteiger partial charge on any atom is 0.416 e. The van der Waals surface area contributed by atoms with Crippen LogP contribution in [0.25, 0.3) is 0 Å². The Balaban J connectivity index is 2.47. The minimum Gasteiger partial charge on any atom is -0.302 e. The van der Waals surface area contributed by atoms with Crippen LogP contribution in [0, 0.1) is 0 Å². The topological polar surface area (TPSA) is 3.24 Å². The van der Waals surface area contributed by atoms with Crippen molar-refractivity contribution < 1.29 is 13.2 Å². The van der Waals surface area contributed by atoms with E-state index in [1.54, 1.807) is 6.07 Å². The van der Waals surface area contributed by atoms with Gasteiger partial charge in [-0.05, 0) is 30.7 Å². The molecular formula is C11H12F3N. The van der Waals surface area contributed by atoms with Crippen molar-refractivity contribution >= 4 is 0 Å². The molecule has 0 radical (unpaired) electrons. The molecule has 0 fully saturated rings. The van der Waals surface area contributed by atoms with E-state index in [4.69, 9.17) is 0 Å². The largest absolute Gasteiger partial charge is 0.416 e. The zero-order chi connectivity index (χ0) is 11.1. The summed E-state index contributed by atoms with van der Waals surface area (Å²) in [5.74, 6) is 0. The molecule has 1 aliphatic heterocycles. The van der Waals surface area contributed by atoms with Crippen molar-refractivity contribution in [3.8, 4) is 0 Å². The summed E-state index contributed by atoms with van der Waals surface area (Å²) < 4.78 is 38.0. The van der Waals surface area contributed by atoms with E-state index in [2.05, 4.69) is 0 Å². The number of likely N-dealkylation sites (N-methyl/N-ethyl adjacent to an activating group) is 1. The van der Waals surface area contributed by atoms with Crippen LogP contribution >= 0.6 is 0 Å². The lowest BCUT2D eigenvalue weighted by atomic mass is 9.94. The van der Waals surface area contributed by atoms with Gasteiger partial charge < -0.3 is 4.90 Å². The molecule has 0 saturated carbocycles. The van der Waals surface area contributed by atoms with E-state index in [-0.39, 0.29) is 0 Å². The second-order valence-corrected chi connectivity index (χ2v) is 3.93. The van der Waals surface area contributed by atoms with Gasteiger partial charge in [-0.3, -0.25) is 0 Å². The number of alkyl halides is 3. The third-order valence-corrected chi connectivity index (χ3v) is 2.76. The quantitative estimate of drug-likeness (QED) is 0.643. The van der Waals surface area contributed by atoms with Crippen molar-refractivity contribution in [2.45, 2.75) is 19.1 Å². The van der Waals surface area contributed by atoms with Gasteiger partial charge in [0, 0.05) is 13.1 Å². The van der Waals surface area contributed by atoms with Gasteiger partial charge in [0.2, 0.25) is 0 Å². The molecule has 1 aliphatic rings. The molecular weight excluding hydrogens is 203 g/mol. The average Bonchev–Trinajstić information content (AvgIpc) is 2.15. The summed E-state index contributed by atoms with van der Waals surface area (Å²) in [7, 11) is 1.92. The van der Waals surface area contributed by atoms with Gasteiger partial charge in [-0.15, -0.1) is 0 Å². The first-order valence-corrected chi connectivity index (χ1v) is 4.85. The Morgan fingerprint density at radius 1 is 1.27 bits per heavy atom. The van der Waals surface area contributed by atoms with E-state index in [9.17, 15) is 13.2 Å². The van der Waals surface area contributed by atoms with Gasteiger partial charge >= 0.3 is 6.18 Å². The lowest BCUT2D eigenvalue weighted by Crippen LogP contribution is -2.28. The molecule has 0 amide bonds. The summed E-state index contributed by atoms with van der Waals surface area (Å²) in [5, 5.41) is 0. The molecule has 0 bridgehead atoms. The summed E-state index contributed by atoms with van der Waals surface area (Å²) >= 11 is 0. The normalized spacial score (nSPS) is 17.6. The first-order chi connectivity index (χ1) is 6.98. The van der Waals surface area contributed by atoms with Gasteiger partial charge in [-0.1, -0.05) is 12.1 Å². The Morgan fingerprint density at radius 3 is 2.67 bits per heavy atom. The molecule has 0 N–H and O–H groups in total. The van der Waals surface area contributed by atoms with E-state index in [0.29, 0.717) is 25.1 Å². The first kappa shape index (κ1) is 10.5. The number of hydrogen-bond donors (Lipinski definition) is 0. The zero-order valence-electron chi connectivity index (χ0n) is 8.43. The molecule has 1 aromatic carbocycles. The Bertz CT molecular complexity index is 371. The van der Waals surface area contributed by atoms with Gasteiger partial charge in [0.1, 0.15) is 0 Å². The van der Waals surface area contributed by atoms with Gasteiger partial charge in [0.05, 0.1) is 5.56 Å². The monoisotopic (exact) mass is 215 g/mol. The van der Waals surface area contributed by atoms with E-state index in [1.165, 1.54) is 12.1 Å². The highest BCUT2D eigenvalue weighted by atomic mass is 19.4. The molecule has 1 heterocycles. The first-order valence-electron chi connectivity index (χ1n) is 4.85. The van der Waals surface area contributed by atoms with Crippen LogP contribution in [0.15, 0.2) is 18.2 Å². The smallest absolute Gasteiger partial charge is 0.302 e. The Labute approximate surface area is 86.5 Å². The van der Waals surface area contributed by atoms with Gasteiger partial charge in [0.25, 0.3) is 0 Å². The number of benzene rings is 1. The number of fused-ring (bicyclic) bond motifs is 1. The number of hydrogen-bond acceptors (Lipinski definition) is 1. The van der Waals surface area contributed by atoms with Crippen LogP contribution < -0.4 is 0 Å². The molecule has 0 unspecified atom stereocenters. The van der Waals surface area contributed by atoms with Gasteiger partial charge in [0.15, 0.2) is 0 Å². The number of nitrogens with zero attached hydrogens (tertiary/aromatic N) is 1. The summed E-state index contributed by atoms with van der Waals surface area (Å²) in [5.41, 5.74) is 0.815. The standard InChI is InChI=1S/C11H12F3N/c1-15-6-5-9-8(7-15)3-2-4-10(9)11(12,13)14/h2-4H,5-7H2,1H3. The third-order valence-electron chi connectivity index (χ3n) is 2.76. The van der Waals surface area contributed by atoms with Gasteiger partial charge in [-0.25, -0.2) is 0 Å². The zero-order valence-corrected chi connectivity index (χ0v) is 8.43. The molecule has 82 valence electrons. The summed E-state index contributed by atoms with van der Waals surface area (Å²) in [4.78, 5) is 2.03. The molecule has 0 aliphatic carbocycles. The maximum absolute atomic E-state index is 12.7. The number of rotatable bonds is 0. The van der Waals surface area contributed by atoms with Gasteiger partial charge in [-0.2, -0.15) is 13.2 Å². The predicted molar refractivity (Wildman–Crippen MR) is 51.5 cm³/mol. The van der Waals surface area contributed by atoms with Crippen molar-refractivity contribution in [3.63, 3.8) is 0 Å². The molecule has 1 aromatic rings. The van der Waals surface area contributed by atoms with E-state index < -0.39 is 11.7 Å². The minimum atomic E-state index is -4.22. The molecule has 0 saturated heterocycles. The highest BCUT2D eigenvalue weighted by Gasteiger charge is 2.34. The van der Waals surface area contributed by atoms with Crippen LogP contribution in [0.2, 0.25) is 0 Å². The third kappa shape index (κ3) is 2.00. The van der Waals surface area contributed by atoms with Crippen LogP contribution in [0.3, 0.4) is 0 Å². The Kier molecular flexibility index (Phi) is 2.46. The lowest BCUT2D eigenvalue weighted by Gasteiger charge is -2.27. The van der Waals surface area contributed by atoms with Crippen molar-refractivity contribution in [3.05, 3.63) is 34.9 Å². The molecule has 0 aromatic heterocycles. The van der Waals surface area contributed by atoms with Crippen LogP contribution in [0.5, 0.6) is 0 Å². The maximum atomic E-state index is 12.7. The summed E-state index contributed by atoms with van der Waals surface area (Å²) in [6.07, 6.45) is -3.73. The molecule has 2 rings (SSSR count). The van der Waals surface area contributed by atoms with Crippen molar-refractivity contribution in [1.82, 2.24) is 4.90 Å². The van der Waals surface area contributed by atoms with Crippen LogP contribution in [-0.4, -0.2) is 18.5 Å². The van der Waals surface area contributed by atoms with E-state index >= 15 is 0 Å². The summed E-state index contributed by atoms with van der Waals surface area (Å²) in [6.45, 7) is 1.30. The van der Waals surface area contributed by atoms with E-state index in [0.717, 1.165) is 5.56 Å². The average molecular weight is 215 g/mol. The van der Waals surface area contributed by atoms with Crippen LogP contribution in [0.4, 0.5) is 13.2 Å². The highest BCUT2D eigenvalue weighted by Crippen LogP contribution is 2.35. The molecule has 4 heteroatoms. The second kappa shape index (κ2) is 3.52. The van der Waals surface area contributed by atoms with Crippen LogP contribution in [-0.2, 0) is 19.1 Å². The fourth-order valence-corrected chi connectivity index (χ4v) is 2.02. The second-order valence-electron chi connectivity index (χ2n) is 3.93. The lowest BCUT2D eigenvalue weighted by molar-refractivity contribution is -0.138. The fraction of sp³-hybridized carbons (Fsp3) is 0.455. The molecule has 0 atom stereocenters. The molecule has 0 spiro atoms. The molecule has 1 nitrogen and oxygen atoms in total. The van der Waals surface area contributed by atoms with Crippen LogP contribution in [0.1, 0.15) is 16.7 Å². The summed E-state index contributed by atoms with van der Waals surface area (Å²) in [6, 6.07) is 4.44. The van der Waals surface area contributed by atoms with Crippen molar-refractivity contribution in [1.29, 1.82) is 0 Å².